The van der Waals surface area contributed by atoms with E-state index in [1.165, 1.54) is 5.69 Å². The molecule has 0 fully saturated rings. The largest absolute Gasteiger partial charge is 0.454 e. The van der Waals surface area contributed by atoms with E-state index in [1.54, 1.807) is 0 Å². The first kappa shape index (κ1) is 15.1. The van der Waals surface area contributed by atoms with Crippen LogP contribution in [0.25, 0.3) is 0 Å². The topological polar surface area (TPSA) is 55.7 Å². The van der Waals surface area contributed by atoms with Crippen molar-refractivity contribution in [1.82, 2.24) is 14.8 Å². The Bertz CT molecular complexity index is 756. The van der Waals surface area contributed by atoms with E-state index < -0.39 is 0 Å². The lowest BCUT2D eigenvalue weighted by Crippen LogP contribution is -2.42. The van der Waals surface area contributed by atoms with Gasteiger partial charge in [-0.2, -0.15) is 0 Å². The molecule has 24 heavy (non-hydrogen) atoms. The summed E-state index contributed by atoms with van der Waals surface area (Å²) < 4.78 is 12.9. The Labute approximate surface area is 141 Å². The van der Waals surface area contributed by atoms with Crippen LogP contribution in [0, 0.1) is 0 Å². The standard InChI is InChI=1S/C18H21N3O3/c1-13-15-3-2-6-20(15)7-8-21(13)11-18(22)19-10-14-4-5-16-17(9-14)24-12-23-16/h2-6,9,13H,7-8,10-12H2,1H3,(H,19,22). The second kappa shape index (κ2) is 6.20. The van der Waals surface area contributed by atoms with E-state index in [1.807, 2.05) is 18.2 Å². The predicted octanol–water partition coefficient (Wildman–Crippen LogP) is 1.91. The fourth-order valence-corrected chi connectivity index (χ4v) is 3.33. The van der Waals surface area contributed by atoms with Crippen molar-refractivity contribution in [2.45, 2.75) is 26.1 Å². The number of amides is 1. The fourth-order valence-electron chi connectivity index (χ4n) is 3.33. The van der Waals surface area contributed by atoms with Crippen LogP contribution < -0.4 is 14.8 Å². The lowest BCUT2D eigenvalue weighted by Gasteiger charge is -2.34. The summed E-state index contributed by atoms with van der Waals surface area (Å²) in [6, 6.07) is 10.2. The van der Waals surface area contributed by atoms with Crippen LogP contribution in [-0.4, -0.2) is 35.3 Å². The Kier molecular flexibility index (Phi) is 3.90. The number of hydrogen-bond acceptors (Lipinski definition) is 4. The molecule has 6 heteroatoms. The minimum atomic E-state index is 0.0412. The highest BCUT2D eigenvalue weighted by molar-refractivity contribution is 5.78. The van der Waals surface area contributed by atoms with Gasteiger partial charge in [-0.1, -0.05) is 6.07 Å². The van der Waals surface area contributed by atoms with E-state index in [0.717, 1.165) is 30.2 Å². The second-order valence-electron chi connectivity index (χ2n) is 6.24. The zero-order valence-electron chi connectivity index (χ0n) is 13.7. The SMILES string of the molecule is CC1c2cccn2CCN1CC(=O)NCc1ccc2c(c1)OCO2. The molecule has 126 valence electrons. The van der Waals surface area contributed by atoms with Crippen LogP contribution in [-0.2, 0) is 17.9 Å². The van der Waals surface area contributed by atoms with Gasteiger partial charge in [-0.25, -0.2) is 0 Å². The molecule has 1 aromatic carbocycles. The van der Waals surface area contributed by atoms with Crippen LogP contribution in [0.5, 0.6) is 11.5 Å². The van der Waals surface area contributed by atoms with Crippen molar-refractivity contribution in [3.05, 3.63) is 47.8 Å². The van der Waals surface area contributed by atoms with Gasteiger partial charge in [-0.05, 0) is 36.8 Å². The molecule has 2 aromatic rings. The molecule has 0 bridgehead atoms. The lowest BCUT2D eigenvalue weighted by atomic mass is 10.1. The summed E-state index contributed by atoms with van der Waals surface area (Å²) in [7, 11) is 0. The first-order chi connectivity index (χ1) is 11.7. The number of nitrogens with zero attached hydrogens (tertiary/aromatic N) is 2. The highest BCUT2D eigenvalue weighted by atomic mass is 16.7. The number of carbonyl (C=O) groups is 1. The Morgan fingerprint density at radius 3 is 3.04 bits per heavy atom. The van der Waals surface area contributed by atoms with Crippen LogP contribution in [0.1, 0.15) is 24.2 Å². The van der Waals surface area contributed by atoms with E-state index >= 15 is 0 Å². The zero-order valence-corrected chi connectivity index (χ0v) is 13.7. The number of rotatable bonds is 4. The molecule has 0 radical (unpaired) electrons. The molecule has 1 aromatic heterocycles. The van der Waals surface area contributed by atoms with Crippen molar-refractivity contribution in [3.8, 4) is 11.5 Å². The van der Waals surface area contributed by atoms with Crippen LogP contribution in [0.3, 0.4) is 0 Å². The molecule has 1 N–H and O–H groups in total. The van der Waals surface area contributed by atoms with Gasteiger partial charge in [-0.3, -0.25) is 9.69 Å². The molecule has 0 aliphatic carbocycles. The van der Waals surface area contributed by atoms with Crippen molar-refractivity contribution >= 4 is 5.91 Å². The summed E-state index contributed by atoms with van der Waals surface area (Å²) in [5.41, 5.74) is 2.28. The minimum absolute atomic E-state index is 0.0412. The molecule has 1 atom stereocenters. The van der Waals surface area contributed by atoms with Gasteiger partial charge in [0.25, 0.3) is 0 Å². The van der Waals surface area contributed by atoms with Gasteiger partial charge in [0.2, 0.25) is 12.7 Å². The van der Waals surface area contributed by atoms with E-state index in [9.17, 15) is 4.79 Å². The van der Waals surface area contributed by atoms with Crippen LogP contribution in [0.2, 0.25) is 0 Å². The van der Waals surface area contributed by atoms with Crippen molar-refractivity contribution in [2.24, 2.45) is 0 Å². The average Bonchev–Trinajstić information content (AvgIpc) is 3.24. The van der Waals surface area contributed by atoms with Crippen molar-refractivity contribution < 1.29 is 14.3 Å². The lowest BCUT2D eigenvalue weighted by molar-refractivity contribution is -0.123. The van der Waals surface area contributed by atoms with Crippen molar-refractivity contribution in [2.75, 3.05) is 19.9 Å². The Morgan fingerprint density at radius 1 is 1.25 bits per heavy atom. The normalized spacial score (nSPS) is 19.1. The summed E-state index contributed by atoms with van der Waals surface area (Å²) in [4.78, 5) is 14.5. The maximum atomic E-state index is 12.3. The summed E-state index contributed by atoms with van der Waals surface area (Å²) in [6.45, 7) is 5.14. The molecular formula is C18H21N3O3. The first-order valence-corrected chi connectivity index (χ1v) is 8.25. The molecule has 0 spiro atoms. The van der Waals surface area contributed by atoms with Gasteiger partial charge in [0.15, 0.2) is 11.5 Å². The summed E-state index contributed by atoms with van der Waals surface area (Å²) >= 11 is 0. The van der Waals surface area contributed by atoms with E-state index in [4.69, 9.17) is 9.47 Å². The predicted molar refractivity (Wildman–Crippen MR) is 88.8 cm³/mol. The van der Waals surface area contributed by atoms with Crippen LogP contribution in [0.4, 0.5) is 0 Å². The third-order valence-corrected chi connectivity index (χ3v) is 4.74. The van der Waals surface area contributed by atoms with E-state index in [0.29, 0.717) is 13.1 Å². The average molecular weight is 327 g/mol. The molecule has 3 heterocycles. The highest BCUT2D eigenvalue weighted by Crippen LogP contribution is 2.32. The molecule has 2 aliphatic rings. The third-order valence-electron chi connectivity index (χ3n) is 4.74. The van der Waals surface area contributed by atoms with Gasteiger partial charge >= 0.3 is 0 Å². The first-order valence-electron chi connectivity index (χ1n) is 8.25. The number of benzene rings is 1. The van der Waals surface area contributed by atoms with Crippen molar-refractivity contribution in [1.29, 1.82) is 0 Å². The molecule has 0 saturated heterocycles. The fraction of sp³-hybridized carbons (Fsp3) is 0.389. The van der Waals surface area contributed by atoms with Gasteiger partial charge in [0.1, 0.15) is 0 Å². The Hall–Kier alpha value is -2.47. The molecule has 1 amide bonds. The number of ether oxygens (including phenoxy) is 2. The number of aromatic nitrogens is 1. The summed E-state index contributed by atoms with van der Waals surface area (Å²) in [6.07, 6.45) is 2.10. The highest BCUT2D eigenvalue weighted by Gasteiger charge is 2.24. The van der Waals surface area contributed by atoms with Gasteiger partial charge < -0.3 is 19.4 Å². The number of nitrogens with one attached hydrogen (secondary N) is 1. The third kappa shape index (κ3) is 2.85. The minimum Gasteiger partial charge on any atom is -0.454 e. The summed E-state index contributed by atoms with van der Waals surface area (Å²) in [5.74, 6) is 1.54. The molecule has 6 nitrogen and oxygen atoms in total. The van der Waals surface area contributed by atoms with E-state index in [2.05, 4.69) is 40.0 Å². The molecule has 2 aliphatic heterocycles. The monoisotopic (exact) mass is 327 g/mol. The van der Waals surface area contributed by atoms with E-state index in [-0.39, 0.29) is 18.7 Å². The van der Waals surface area contributed by atoms with Crippen LogP contribution >= 0.6 is 0 Å². The number of fused-ring (bicyclic) bond motifs is 2. The van der Waals surface area contributed by atoms with Gasteiger partial charge in [0.05, 0.1) is 6.54 Å². The summed E-state index contributed by atoms with van der Waals surface area (Å²) in [5, 5.41) is 2.99. The Morgan fingerprint density at radius 2 is 2.12 bits per heavy atom. The molecule has 0 saturated carbocycles. The zero-order chi connectivity index (χ0) is 16.5. The van der Waals surface area contributed by atoms with Crippen molar-refractivity contribution in [3.63, 3.8) is 0 Å². The molecule has 4 rings (SSSR count). The number of carbonyl (C=O) groups excluding carboxylic acids is 1. The second-order valence-corrected chi connectivity index (χ2v) is 6.24. The maximum Gasteiger partial charge on any atom is 0.234 e. The quantitative estimate of drug-likeness (QED) is 0.932. The smallest absolute Gasteiger partial charge is 0.234 e. The Balaban J connectivity index is 1.32. The van der Waals surface area contributed by atoms with Gasteiger partial charge in [0, 0.05) is 37.6 Å². The van der Waals surface area contributed by atoms with Crippen LogP contribution in [0.15, 0.2) is 36.5 Å². The molecule has 1 unspecified atom stereocenters. The number of hydrogen-bond donors (Lipinski definition) is 1. The maximum absolute atomic E-state index is 12.3. The van der Waals surface area contributed by atoms with Gasteiger partial charge in [-0.15, -0.1) is 0 Å². The molecular weight excluding hydrogens is 306 g/mol.